The van der Waals surface area contributed by atoms with Crippen LogP contribution in [0.3, 0.4) is 0 Å². The van der Waals surface area contributed by atoms with E-state index in [0.717, 1.165) is 0 Å². The molecule has 2 aromatic rings. The number of fused-ring (bicyclic) bond motifs is 1. The molecule has 0 bridgehead atoms. The number of halogens is 1. The van der Waals surface area contributed by atoms with E-state index >= 15 is 0 Å². The van der Waals surface area contributed by atoms with Gasteiger partial charge in [-0.25, -0.2) is 4.98 Å². The molecular weight excluding hydrogens is 310 g/mol. The molecule has 1 aliphatic rings. The van der Waals surface area contributed by atoms with Crippen molar-refractivity contribution in [2.75, 3.05) is 18.5 Å². The van der Waals surface area contributed by atoms with Crippen molar-refractivity contribution in [1.82, 2.24) is 9.55 Å². The number of imidazole rings is 1. The molecule has 0 saturated carbocycles. The monoisotopic (exact) mass is 327 g/mol. The highest BCUT2D eigenvalue weighted by Gasteiger charge is 2.44. The summed E-state index contributed by atoms with van der Waals surface area (Å²) in [6, 6.07) is 5.32. The van der Waals surface area contributed by atoms with E-state index in [1.165, 1.54) is 0 Å². The van der Waals surface area contributed by atoms with Gasteiger partial charge < -0.3 is 25.4 Å². The summed E-state index contributed by atoms with van der Waals surface area (Å²) in [4.78, 5) is 4.44. The number of aliphatic hydroxyl groups excluding tert-OH is 3. The molecule has 0 unspecified atom stereocenters. The number of ether oxygens (including phenoxy) is 1. The van der Waals surface area contributed by atoms with Gasteiger partial charge in [-0.1, -0.05) is 17.7 Å². The zero-order valence-corrected chi connectivity index (χ0v) is 12.7. The maximum Gasteiger partial charge on any atom is 0.206 e. The summed E-state index contributed by atoms with van der Waals surface area (Å²) in [5.74, 6) is 0.487. The predicted octanol–water partition coefficient (Wildman–Crippen LogP) is 0.733. The maximum atomic E-state index is 10.3. The van der Waals surface area contributed by atoms with Gasteiger partial charge in [0.25, 0.3) is 0 Å². The Bertz CT molecular complexity index is 677. The van der Waals surface area contributed by atoms with E-state index in [2.05, 4.69) is 10.3 Å². The molecule has 1 fully saturated rings. The van der Waals surface area contributed by atoms with Gasteiger partial charge in [0.05, 0.1) is 17.1 Å². The number of anilines is 1. The molecule has 1 aromatic carbocycles. The van der Waals surface area contributed by atoms with E-state index in [9.17, 15) is 15.3 Å². The summed E-state index contributed by atoms with van der Waals surface area (Å²) in [6.07, 6.45) is -4.04. The molecule has 1 aromatic heterocycles. The van der Waals surface area contributed by atoms with Gasteiger partial charge >= 0.3 is 0 Å². The van der Waals surface area contributed by atoms with Gasteiger partial charge in [0.2, 0.25) is 5.95 Å². The summed E-state index contributed by atoms with van der Waals surface area (Å²) in [5, 5.41) is 33.0. The van der Waals surface area contributed by atoms with Crippen LogP contribution in [0.15, 0.2) is 18.2 Å². The van der Waals surface area contributed by atoms with Crippen LogP contribution in [0, 0.1) is 0 Å². The van der Waals surface area contributed by atoms with Crippen molar-refractivity contribution in [3.05, 3.63) is 23.2 Å². The van der Waals surface area contributed by atoms with Crippen LogP contribution in [0.25, 0.3) is 11.0 Å². The number of aromatic nitrogens is 2. The number of nitrogens with zero attached hydrogens (tertiary/aromatic N) is 2. The number of hydrogen-bond acceptors (Lipinski definition) is 6. The minimum atomic E-state index is -1.18. The molecule has 0 spiro atoms. The number of aliphatic hydroxyl groups is 3. The van der Waals surface area contributed by atoms with Crippen LogP contribution in [0.4, 0.5) is 5.95 Å². The Kier molecular flexibility index (Phi) is 4.24. The molecule has 1 saturated heterocycles. The smallest absolute Gasteiger partial charge is 0.206 e. The fourth-order valence-electron chi connectivity index (χ4n) is 2.72. The predicted molar refractivity (Wildman–Crippen MR) is 81.9 cm³/mol. The van der Waals surface area contributed by atoms with E-state index in [0.29, 0.717) is 28.5 Å². The zero-order chi connectivity index (χ0) is 15.9. The molecule has 2 heterocycles. The number of benzene rings is 1. The topological polar surface area (TPSA) is 99.8 Å². The highest BCUT2D eigenvalue weighted by molar-refractivity contribution is 6.35. The van der Waals surface area contributed by atoms with Crippen molar-refractivity contribution in [2.45, 2.75) is 31.5 Å². The maximum absolute atomic E-state index is 10.3. The summed E-state index contributed by atoms with van der Waals surface area (Å²) in [5.41, 5.74) is 1.26. The number of nitrogens with one attached hydrogen (secondary N) is 1. The first-order valence-corrected chi connectivity index (χ1v) is 7.49. The number of rotatable bonds is 4. The number of hydrogen-bond donors (Lipinski definition) is 4. The second-order valence-corrected chi connectivity index (χ2v) is 5.58. The average molecular weight is 328 g/mol. The minimum Gasteiger partial charge on any atom is -0.394 e. The van der Waals surface area contributed by atoms with Crippen LogP contribution < -0.4 is 5.32 Å². The summed E-state index contributed by atoms with van der Waals surface area (Å²) in [6.45, 7) is 2.16. The van der Waals surface area contributed by atoms with Gasteiger partial charge in [0.1, 0.15) is 23.8 Å². The Hall–Kier alpha value is -1.38. The van der Waals surface area contributed by atoms with Crippen molar-refractivity contribution >= 4 is 28.6 Å². The molecule has 8 heteroatoms. The Morgan fingerprint density at radius 1 is 1.36 bits per heavy atom. The van der Waals surface area contributed by atoms with Crippen molar-refractivity contribution in [2.24, 2.45) is 0 Å². The molecule has 0 aliphatic carbocycles. The van der Waals surface area contributed by atoms with Crippen molar-refractivity contribution < 1.29 is 20.1 Å². The Morgan fingerprint density at radius 3 is 2.77 bits per heavy atom. The van der Waals surface area contributed by atoms with E-state index in [1.807, 2.05) is 13.0 Å². The molecule has 4 atom stereocenters. The lowest BCUT2D eigenvalue weighted by Gasteiger charge is -2.20. The lowest BCUT2D eigenvalue weighted by Crippen LogP contribution is -2.33. The van der Waals surface area contributed by atoms with Crippen molar-refractivity contribution in [1.29, 1.82) is 0 Å². The van der Waals surface area contributed by atoms with E-state index in [4.69, 9.17) is 16.3 Å². The average Bonchev–Trinajstić information content (AvgIpc) is 3.00. The lowest BCUT2D eigenvalue weighted by molar-refractivity contribution is -0.0499. The minimum absolute atomic E-state index is 0.376. The van der Waals surface area contributed by atoms with Crippen LogP contribution in [0.5, 0.6) is 0 Å². The van der Waals surface area contributed by atoms with Gasteiger partial charge in [-0.3, -0.25) is 4.57 Å². The highest BCUT2D eigenvalue weighted by atomic mass is 35.5. The first-order chi connectivity index (χ1) is 10.6. The molecule has 22 heavy (non-hydrogen) atoms. The van der Waals surface area contributed by atoms with Crippen LogP contribution in [-0.4, -0.2) is 56.3 Å². The summed E-state index contributed by atoms with van der Waals surface area (Å²) in [7, 11) is 0. The van der Waals surface area contributed by atoms with E-state index in [-0.39, 0.29) is 6.61 Å². The first-order valence-electron chi connectivity index (χ1n) is 7.11. The van der Waals surface area contributed by atoms with Gasteiger partial charge in [0, 0.05) is 6.54 Å². The molecule has 4 N–H and O–H groups in total. The summed E-state index contributed by atoms with van der Waals surface area (Å²) >= 11 is 6.17. The molecule has 7 nitrogen and oxygen atoms in total. The first kappa shape index (κ1) is 15.5. The molecule has 0 radical (unpaired) electrons. The normalized spacial score (nSPS) is 28.4. The fourth-order valence-corrected chi connectivity index (χ4v) is 2.93. The highest BCUT2D eigenvalue weighted by Crippen LogP contribution is 2.36. The van der Waals surface area contributed by atoms with Gasteiger partial charge in [0.15, 0.2) is 6.23 Å². The van der Waals surface area contributed by atoms with E-state index < -0.39 is 24.5 Å². The van der Waals surface area contributed by atoms with Crippen LogP contribution in [-0.2, 0) is 4.74 Å². The lowest BCUT2D eigenvalue weighted by atomic mass is 10.1. The third-order valence-electron chi connectivity index (χ3n) is 3.78. The Labute approximate surface area is 132 Å². The zero-order valence-electron chi connectivity index (χ0n) is 12.0. The van der Waals surface area contributed by atoms with Crippen molar-refractivity contribution in [3.8, 4) is 0 Å². The van der Waals surface area contributed by atoms with Gasteiger partial charge in [-0.05, 0) is 19.1 Å². The fraction of sp³-hybridized carbons (Fsp3) is 0.500. The second-order valence-electron chi connectivity index (χ2n) is 5.17. The largest absolute Gasteiger partial charge is 0.394 e. The molecular formula is C14H18ClN3O4. The van der Waals surface area contributed by atoms with Crippen LogP contribution in [0.1, 0.15) is 13.2 Å². The third kappa shape index (κ3) is 2.35. The summed E-state index contributed by atoms with van der Waals surface area (Å²) < 4.78 is 7.27. The molecule has 0 amide bonds. The van der Waals surface area contributed by atoms with Gasteiger partial charge in [-0.15, -0.1) is 0 Å². The quantitative estimate of drug-likeness (QED) is 0.661. The third-order valence-corrected chi connectivity index (χ3v) is 4.08. The van der Waals surface area contributed by atoms with Crippen LogP contribution >= 0.6 is 11.6 Å². The Morgan fingerprint density at radius 2 is 2.14 bits per heavy atom. The van der Waals surface area contributed by atoms with Crippen LogP contribution in [0.2, 0.25) is 5.02 Å². The molecule has 1 aliphatic heterocycles. The van der Waals surface area contributed by atoms with E-state index in [1.54, 1.807) is 16.7 Å². The standard InChI is InChI=1S/C14H18ClN3O4/c1-2-16-14-17-10-7(15)4-3-5-8(10)18(14)13-12(21)11(20)9(6-19)22-13/h3-5,9,11-13,19-21H,2,6H2,1H3,(H,16,17)/t9-,11-,12-,13-/m0/s1. The van der Waals surface area contributed by atoms with Gasteiger partial charge in [-0.2, -0.15) is 0 Å². The second kappa shape index (κ2) is 6.02. The van der Waals surface area contributed by atoms with Crippen molar-refractivity contribution in [3.63, 3.8) is 0 Å². The SMILES string of the molecule is CCNc1nc2c(Cl)cccc2n1[C@H]1O[C@@H](CO)[C@H](O)[C@@H]1O. The molecule has 120 valence electrons. The Balaban J connectivity index is 2.13. The molecule has 3 rings (SSSR count). The number of para-hydroxylation sites is 1.